The molecule has 0 aromatic heterocycles. The summed E-state index contributed by atoms with van der Waals surface area (Å²) < 4.78 is 0. The summed E-state index contributed by atoms with van der Waals surface area (Å²) in [5.74, 6) is 0.435. The molecule has 0 saturated heterocycles. The molecule has 0 radical (unpaired) electrons. The van der Waals surface area contributed by atoms with Gasteiger partial charge in [0.25, 0.3) is 0 Å². The number of allylic oxidation sites excluding steroid dienone is 8. The van der Waals surface area contributed by atoms with Crippen molar-refractivity contribution in [2.75, 3.05) is 0 Å². The summed E-state index contributed by atoms with van der Waals surface area (Å²) in [5, 5.41) is 45.2. The zero-order valence-electron chi connectivity index (χ0n) is 50.3. The summed E-state index contributed by atoms with van der Waals surface area (Å²) in [6.45, 7) is 46.6. The smallest absolute Gasteiger partial charge is 0.875 e. The maximum absolute atomic E-state index is 11.3. The summed E-state index contributed by atoms with van der Waals surface area (Å²) in [6.07, 6.45) is 0. The number of benzene rings is 4. The van der Waals surface area contributed by atoms with Gasteiger partial charge >= 0.3 is 75.4 Å². The monoisotopic (exact) mass is 953 g/mol. The number of hydrogen-bond donors (Lipinski definition) is 4. The molecule has 4 rings (SSSR count). The average Bonchev–Trinajstić information content (AvgIpc) is 3.22. The predicted octanol–water partition coefficient (Wildman–Crippen LogP) is -6.23. The first-order valence-electron chi connectivity index (χ1n) is 23.4. The van der Waals surface area contributed by atoms with E-state index in [0.29, 0.717) is 0 Å². The van der Waals surface area contributed by atoms with Crippen LogP contribution in [-0.2, 0) is 0 Å². The van der Waals surface area contributed by atoms with Crippen LogP contribution in [-0.4, -0.2) is 22.8 Å². The van der Waals surface area contributed by atoms with Crippen molar-refractivity contribution in [2.45, 2.75) is 166 Å². The molecule has 0 unspecified atom stereocenters. The van der Waals surface area contributed by atoms with Gasteiger partial charge in [-0.15, -0.1) is 23.0 Å². The Bertz CT molecular complexity index is 2270. The summed E-state index contributed by atoms with van der Waals surface area (Å²) in [7, 11) is 0. The second-order valence-corrected chi connectivity index (χ2v) is 18.8. The summed E-state index contributed by atoms with van der Waals surface area (Å²) in [5.41, 5.74) is 25.9. The van der Waals surface area contributed by atoms with Crippen LogP contribution in [0.5, 0.6) is 0 Å². The fraction of sp³-hybridized carbons (Fsp3) is 0.400. The molecule has 0 amide bonds. The third-order valence-corrected chi connectivity index (χ3v) is 12.3. The molecule has 0 saturated carbocycles. The van der Waals surface area contributed by atoms with Crippen molar-refractivity contribution in [1.29, 1.82) is 0 Å². The van der Waals surface area contributed by atoms with Gasteiger partial charge in [0, 0.05) is 94.5 Å². The summed E-state index contributed by atoms with van der Waals surface area (Å²) >= 11 is 0. The van der Waals surface area contributed by atoms with Crippen molar-refractivity contribution in [1.82, 2.24) is 0 Å². The van der Waals surface area contributed by atoms with Crippen LogP contribution < -0.4 is 116 Å². The zero-order chi connectivity index (χ0) is 52.7. The number of aryl methyl sites for hydroxylation is 12. The maximum atomic E-state index is 11.3. The Morgan fingerprint density at radius 2 is 0.361 bits per heavy atom. The number of hydrogen-bond acceptors (Lipinski definition) is 4. The van der Waals surface area contributed by atoms with Crippen LogP contribution in [0.3, 0.4) is 0 Å². The summed E-state index contributed by atoms with van der Waals surface area (Å²) in [6, 6.07) is 17.2. The zero-order valence-corrected chi connectivity index (χ0v) is 50.3. The Morgan fingerprint density at radius 1 is 0.250 bits per heavy atom. The van der Waals surface area contributed by atoms with Gasteiger partial charge in [-0.25, -0.2) is 20.0 Å². The SMILES string of the molecule is CC(=[NH+]c1c(C)cc(C)cc1C)/C(C)=C(/C)[O-].CC(=[NH+]c1c(C)cc(C)cc1C)/C(C)=C(/C)[O-].CC(=[NH+]c1c(C)cc(C)cc1C)/C(C)=C(/C)[O-].CC(=[NH+]c1c(C)cc(C)cc1C)/C(C)=C(/C)[O-].[Li+].[Li+].[Li+].[Li+]. The first-order valence-corrected chi connectivity index (χ1v) is 23.4. The normalized spacial score (nSPS) is 12.9. The Balaban J connectivity index is -0.000000420. The van der Waals surface area contributed by atoms with E-state index in [2.05, 4.69) is 152 Å². The van der Waals surface area contributed by atoms with Crippen LogP contribution in [0.25, 0.3) is 0 Å². The van der Waals surface area contributed by atoms with E-state index in [-0.39, 0.29) is 98.5 Å². The predicted molar refractivity (Wildman–Crippen MR) is 281 cm³/mol. The maximum Gasteiger partial charge on any atom is 1.00 e. The standard InChI is InChI=1S/4C15H21NO.4Li/c4*1-9-7-10(2)15(11(3)8-9)16-13(5)12(4)14(6)17;;;;/h4*7-8,17H,1-6H3;;;;/q;;;;4*+1/b4*14-12-,16-13?;;;;. The first-order chi connectivity index (χ1) is 31.3. The van der Waals surface area contributed by atoms with E-state index in [1.165, 1.54) is 66.8 Å². The fourth-order valence-electron chi connectivity index (χ4n) is 7.69. The minimum atomic E-state index is 0. The molecule has 368 valence electrons. The van der Waals surface area contributed by atoms with E-state index in [9.17, 15) is 20.4 Å². The third kappa shape index (κ3) is 24.0. The van der Waals surface area contributed by atoms with Gasteiger partial charge in [-0.2, -0.15) is 0 Å². The molecule has 4 aromatic rings. The minimum absolute atomic E-state index is 0. The van der Waals surface area contributed by atoms with E-state index in [0.717, 1.165) is 67.9 Å². The molecule has 0 aliphatic heterocycles. The van der Waals surface area contributed by atoms with Crippen LogP contribution in [0.15, 0.2) is 93.9 Å². The van der Waals surface area contributed by atoms with Crippen LogP contribution in [0.1, 0.15) is 150 Å². The Labute approximate surface area is 484 Å². The van der Waals surface area contributed by atoms with Crippen molar-refractivity contribution >= 4 is 45.6 Å². The number of nitrogens with one attached hydrogen (secondary N) is 4. The average molecular weight is 953 g/mol. The molecule has 4 aromatic carbocycles. The molecule has 0 spiro atoms. The van der Waals surface area contributed by atoms with Crippen LogP contribution in [0.4, 0.5) is 22.7 Å². The van der Waals surface area contributed by atoms with Gasteiger partial charge in [0.1, 0.15) is 0 Å². The van der Waals surface area contributed by atoms with Gasteiger partial charge < -0.3 is 20.4 Å². The van der Waals surface area contributed by atoms with Gasteiger partial charge in [-0.05, 0) is 159 Å². The van der Waals surface area contributed by atoms with E-state index >= 15 is 0 Å². The fourth-order valence-corrected chi connectivity index (χ4v) is 7.69. The van der Waals surface area contributed by atoms with E-state index in [1.807, 2.05) is 55.4 Å². The van der Waals surface area contributed by atoms with Crippen molar-refractivity contribution in [3.8, 4) is 0 Å². The number of rotatable bonds is 8. The molecule has 0 aliphatic rings. The van der Waals surface area contributed by atoms with Crippen molar-refractivity contribution in [3.63, 3.8) is 0 Å². The Morgan fingerprint density at radius 3 is 0.458 bits per heavy atom. The molecule has 8 nitrogen and oxygen atoms in total. The molecule has 0 bridgehead atoms. The Kier molecular flexibility index (Phi) is 35.8. The molecule has 12 heteroatoms. The van der Waals surface area contributed by atoms with Crippen LogP contribution in [0, 0.1) is 83.1 Å². The molecular formula is C60H84Li4N4O4+4. The quantitative estimate of drug-likeness (QED) is 0.0792. The Hall–Kier alpha value is -3.89. The summed E-state index contributed by atoms with van der Waals surface area (Å²) in [4.78, 5) is 13.4. The van der Waals surface area contributed by atoms with Gasteiger partial charge in [0.05, 0.1) is 0 Å². The molecular weight excluding hydrogens is 868 g/mol. The molecule has 4 N–H and O–H groups in total. The molecule has 0 heterocycles. The van der Waals surface area contributed by atoms with Crippen molar-refractivity contribution < 1.29 is 116 Å². The van der Waals surface area contributed by atoms with Gasteiger partial charge in [-0.1, -0.05) is 49.9 Å². The second-order valence-electron chi connectivity index (χ2n) is 18.8. The largest absolute Gasteiger partial charge is 1.00 e. The molecule has 72 heavy (non-hydrogen) atoms. The van der Waals surface area contributed by atoms with Gasteiger partial charge in [-0.3, -0.25) is 0 Å². The topological polar surface area (TPSA) is 148 Å². The third-order valence-electron chi connectivity index (χ3n) is 12.3. The van der Waals surface area contributed by atoms with Crippen LogP contribution >= 0.6 is 0 Å². The molecule has 0 atom stereocenters. The minimum Gasteiger partial charge on any atom is -0.875 e. The van der Waals surface area contributed by atoms with Gasteiger partial charge in [0.15, 0.2) is 22.8 Å². The second kappa shape index (κ2) is 34.6. The first kappa shape index (κ1) is 74.6. The van der Waals surface area contributed by atoms with Crippen LogP contribution in [0.2, 0.25) is 0 Å². The van der Waals surface area contributed by atoms with Crippen molar-refractivity contribution in [3.05, 3.63) is 161 Å². The van der Waals surface area contributed by atoms with Crippen molar-refractivity contribution in [2.24, 2.45) is 0 Å². The van der Waals surface area contributed by atoms with E-state index < -0.39 is 0 Å². The molecule has 0 fully saturated rings. The van der Waals surface area contributed by atoms with E-state index in [4.69, 9.17) is 0 Å². The van der Waals surface area contributed by atoms with Gasteiger partial charge in [0.2, 0.25) is 22.7 Å². The van der Waals surface area contributed by atoms with E-state index in [1.54, 1.807) is 27.7 Å². The molecule has 0 aliphatic carbocycles.